The molecule has 1 atom stereocenters. The van der Waals surface area contributed by atoms with Gasteiger partial charge in [0.1, 0.15) is 0 Å². The van der Waals surface area contributed by atoms with E-state index in [1.54, 1.807) is 4.31 Å². The predicted octanol–water partition coefficient (Wildman–Crippen LogP) is 3.23. The summed E-state index contributed by atoms with van der Waals surface area (Å²) < 4.78 is 29.2. The Balaban J connectivity index is 1.58. The lowest BCUT2D eigenvalue weighted by atomic mass is 9.93. The van der Waals surface area contributed by atoms with Gasteiger partial charge in [0.25, 0.3) is 0 Å². The Morgan fingerprint density at radius 2 is 1.64 bits per heavy atom. The second-order valence-electron chi connectivity index (χ2n) is 6.66. The molecule has 0 bridgehead atoms. The molecule has 1 saturated carbocycles. The van der Waals surface area contributed by atoms with E-state index in [9.17, 15) is 13.5 Å². The van der Waals surface area contributed by atoms with Crippen LogP contribution in [0.3, 0.4) is 0 Å². The van der Waals surface area contributed by atoms with Crippen molar-refractivity contribution < 1.29 is 13.5 Å². The fourth-order valence-electron chi connectivity index (χ4n) is 3.54. The summed E-state index contributed by atoms with van der Waals surface area (Å²) >= 11 is 0. The summed E-state index contributed by atoms with van der Waals surface area (Å²) in [5.74, 6) is 0. The van der Waals surface area contributed by atoms with Gasteiger partial charge >= 0.3 is 10.2 Å². The number of para-hydroxylation sites is 2. The smallest absolute Gasteiger partial charge is 0.326 e. The van der Waals surface area contributed by atoms with Crippen molar-refractivity contribution in [3.05, 3.63) is 60.2 Å². The standard InChI is InChI=1S/C19H22N2O3S/c22-19(15-7-2-1-3-8-15)13-14-20-17-11-4-5-12-18(17)21(25(20,23)24)16-9-6-10-16/h1-5,7-8,11-12,16,19,22H,6,9-10,13-14H2/t19-/m1/s1. The highest BCUT2D eigenvalue weighted by atomic mass is 32.2. The average Bonchev–Trinajstić information content (AvgIpc) is 2.80. The molecule has 2 aromatic rings. The van der Waals surface area contributed by atoms with Crippen molar-refractivity contribution in [2.45, 2.75) is 37.8 Å². The zero-order valence-corrected chi connectivity index (χ0v) is 14.8. The van der Waals surface area contributed by atoms with Crippen molar-refractivity contribution in [3.8, 4) is 0 Å². The highest BCUT2D eigenvalue weighted by molar-refractivity contribution is 7.94. The second-order valence-corrected chi connectivity index (χ2v) is 8.39. The molecule has 6 heteroatoms. The van der Waals surface area contributed by atoms with Crippen LogP contribution in [-0.4, -0.2) is 26.1 Å². The van der Waals surface area contributed by atoms with Crippen molar-refractivity contribution in [3.63, 3.8) is 0 Å². The van der Waals surface area contributed by atoms with Gasteiger partial charge in [-0.05, 0) is 43.4 Å². The van der Waals surface area contributed by atoms with Crippen LogP contribution < -0.4 is 8.61 Å². The maximum atomic E-state index is 13.1. The molecule has 1 fully saturated rings. The Bertz CT molecular complexity index is 850. The quantitative estimate of drug-likeness (QED) is 0.893. The Labute approximate surface area is 148 Å². The molecule has 0 amide bonds. The summed E-state index contributed by atoms with van der Waals surface area (Å²) in [6, 6.07) is 16.9. The number of aliphatic hydroxyl groups excluding tert-OH is 1. The number of aliphatic hydroxyl groups is 1. The first kappa shape index (κ1) is 16.4. The van der Waals surface area contributed by atoms with Gasteiger partial charge in [-0.2, -0.15) is 8.42 Å². The number of benzene rings is 2. The summed E-state index contributed by atoms with van der Waals surface area (Å²) in [6.45, 7) is 0.263. The van der Waals surface area contributed by atoms with Crippen molar-refractivity contribution in [1.29, 1.82) is 0 Å². The summed E-state index contributed by atoms with van der Waals surface area (Å²) in [7, 11) is -3.57. The maximum Gasteiger partial charge on any atom is 0.326 e. The van der Waals surface area contributed by atoms with Crippen LogP contribution in [0.1, 0.15) is 37.4 Å². The number of hydrogen-bond donors (Lipinski definition) is 1. The molecule has 132 valence electrons. The summed E-state index contributed by atoms with van der Waals surface area (Å²) in [5.41, 5.74) is 2.29. The third kappa shape index (κ3) is 2.79. The summed E-state index contributed by atoms with van der Waals surface area (Å²) in [4.78, 5) is 0. The molecule has 4 rings (SSSR count). The largest absolute Gasteiger partial charge is 0.388 e. The van der Waals surface area contributed by atoms with Gasteiger partial charge in [0.15, 0.2) is 0 Å². The van der Waals surface area contributed by atoms with E-state index in [0.717, 1.165) is 36.2 Å². The molecule has 0 spiro atoms. The Kier molecular flexibility index (Phi) is 4.17. The van der Waals surface area contributed by atoms with Gasteiger partial charge in [-0.3, -0.25) is 4.31 Å². The van der Waals surface area contributed by atoms with Gasteiger partial charge in [0.05, 0.1) is 17.5 Å². The first-order valence-corrected chi connectivity index (χ1v) is 10.1. The van der Waals surface area contributed by atoms with Crippen LogP contribution in [0.5, 0.6) is 0 Å². The van der Waals surface area contributed by atoms with E-state index in [0.29, 0.717) is 6.42 Å². The van der Waals surface area contributed by atoms with E-state index < -0.39 is 16.3 Å². The molecule has 0 saturated heterocycles. The van der Waals surface area contributed by atoms with Crippen molar-refractivity contribution in [2.75, 3.05) is 15.2 Å². The first-order valence-electron chi connectivity index (χ1n) is 8.73. The lowest BCUT2D eigenvalue weighted by molar-refractivity contribution is 0.170. The van der Waals surface area contributed by atoms with Gasteiger partial charge in [-0.15, -0.1) is 0 Å². The molecule has 0 unspecified atom stereocenters. The Morgan fingerprint density at radius 1 is 1.00 bits per heavy atom. The lowest BCUT2D eigenvalue weighted by Gasteiger charge is -2.35. The minimum absolute atomic E-state index is 0.0650. The Hall–Kier alpha value is -2.05. The minimum atomic E-state index is -3.57. The van der Waals surface area contributed by atoms with E-state index >= 15 is 0 Å². The molecule has 1 aliphatic carbocycles. The number of anilines is 2. The molecule has 0 radical (unpaired) electrons. The topological polar surface area (TPSA) is 60.9 Å². The van der Waals surface area contributed by atoms with E-state index in [2.05, 4.69) is 0 Å². The van der Waals surface area contributed by atoms with E-state index in [1.807, 2.05) is 54.6 Å². The number of fused-ring (bicyclic) bond motifs is 1. The average molecular weight is 358 g/mol. The van der Waals surface area contributed by atoms with Crippen molar-refractivity contribution in [2.24, 2.45) is 0 Å². The first-order chi connectivity index (χ1) is 12.1. The van der Waals surface area contributed by atoms with E-state index in [4.69, 9.17) is 0 Å². The molecular weight excluding hydrogens is 336 g/mol. The zero-order chi connectivity index (χ0) is 17.4. The summed E-state index contributed by atoms with van der Waals surface area (Å²) in [6.07, 6.45) is 2.57. The van der Waals surface area contributed by atoms with Crippen LogP contribution in [-0.2, 0) is 10.2 Å². The zero-order valence-electron chi connectivity index (χ0n) is 14.0. The van der Waals surface area contributed by atoms with Gasteiger partial charge in [0.2, 0.25) is 0 Å². The second kappa shape index (κ2) is 6.35. The van der Waals surface area contributed by atoms with Gasteiger partial charge in [-0.25, -0.2) is 4.31 Å². The normalized spacial score (nSPS) is 20.2. The Morgan fingerprint density at radius 3 is 2.28 bits per heavy atom. The van der Waals surface area contributed by atoms with Crippen molar-refractivity contribution in [1.82, 2.24) is 0 Å². The van der Waals surface area contributed by atoms with Crippen LogP contribution in [0.2, 0.25) is 0 Å². The summed E-state index contributed by atoms with van der Waals surface area (Å²) in [5, 5.41) is 10.4. The number of hydrogen-bond acceptors (Lipinski definition) is 3. The van der Waals surface area contributed by atoms with Crippen LogP contribution in [0.15, 0.2) is 54.6 Å². The molecule has 25 heavy (non-hydrogen) atoms. The molecular formula is C19H22N2O3S. The minimum Gasteiger partial charge on any atom is -0.388 e. The third-order valence-corrected chi connectivity index (χ3v) is 7.04. The lowest BCUT2D eigenvalue weighted by Crippen LogP contribution is -2.47. The molecule has 2 aromatic carbocycles. The highest BCUT2D eigenvalue weighted by Gasteiger charge is 2.45. The maximum absolute atomic E-state index is 13.1. The van der Waals surface area contributed by atoms with E-state index in [1.165, 1.54) is 4.31 Å². The van der Waals surface area contributed by atoms with Crippen LogP contribution >= 0.6 is 0 Å². The van der Waals surface area contributed by atoms with Gasteiger partial charge in [-0.1, -0.05) is 42.5 Å². The SMILES string of the molecule is O=S1(=O)N(CC[C@@H](O)c2ccccc2)c2ccccc2N1C1CCC1. The molecule has 1 heterocycles. The molecule has 0 aromatic heterocycles. The molecule has 1 aliphatic heterocycles. The number of rotatable bonds is 5. The van der Waals surface area contributed by atoms with Gasteiger partial charge in [0, 0.05) is 12.6 Å². The monoisotopic (exact) mass is 358 g/mol. The number of nitrogens with zero attached hydrogens (tertiary/aromatic N) is 2. The van der Waals surface area contributed by atoms with Crippen LogP contribution in [0.4, 0.5) is 11.4 Å². The van der Waals surface area contributed by atoms with Gasteiger partial charge < -0.3 is 5.11 Å². The fraction of sp³-hybridized carbons (Fsp3) is 0.368. The van der Waals surface area contributed by atoms with Crippen LogP contribution in [0.25, 0.3) is 0 Å². The van der Waals surface area contributed by atoms with Crippen LogP contribution in [0, 0.1) is 0 Å². The highest BCUT2D eigenvalue weighted by Crippen LogP contribution is 2.45. The predicted molar refractivity (Wildman–Crippen MR) is 98.8 cm³/mol. The van der Waals surface area contributed by atoms with Crippen molar-refractivity contribution >= 4 is 21.6 Å². The molecule has 5 nitrogen and oxygen atoms in total. The molecule has 2 aliphatic rings. The third-order valence-electron chi connectivity index (χ3n) is 5.11. The van der Waals surface area contributed by atoms with E-state index in [-0.39, 0.29) is 12.6 Å². The molecule has 1 N–H and O–H groups in total. The fourth-order valence-corrected chi connectivity index (χ4v) is 5.48.